The highest BCUT2D eigenvalue weighted by Crippen LogP contribution is 2.37. The molecule has 0 saturated carbocycles. The van der Waals surface area contributed by atoms with Crippen LogP contribution < -0.4 is 5.73 Å². The van der Waals surface area contributed by atoms with Gasteiger partial charge >= 0.3 is 0 Å². The molecule has 1 aromatic carbocycles. The minimum absolute atomic E-state index is 0.104. The fourth-order valence-electron chi connectivity index (χ4n) is 2.74. The predicted octanol–water partition coefficient (Wildman–Crippen LogP) is 0.722. The van der Waals surface area contributed by atoms with Gasteiger partial charge in [0.1, 0.15) is 0 Å². The largest absolute Gasteiger partial charge is 0.380 e. The van der Waals surface area contributed by atoms with Crippen LogP contribution in [0.5, 0.6) is 0 Å². The summed E-state index contributed by atoms with van der Waals surface area (Å²) >= 11 is 0. The number of nitrogens with two attached hydrogens (primary N) is 1. The number of para-hydroxylation sites is 1. The van der Waals surface area contributed by atoms with Gasteiger partial charge in [0, 0.05) is 31.8 Å². The normalized spacial score (nSPS) is 26.2. The topological polar surface area (TPSA) is 116 Å². The van der Waals surface area contributed by atoms with Gasteiger partial charge in [-0.15, -0.1) is 0 Å². The Hall–Kier alpha value is -1.55. The summed E-state index contributed by atoms with van der Waals surface area (Å²) in [4.78, 5) is 10.1. The number of methoxy groups -OCH3 is 1. The van der Waals surface area contributed by atoms with E-state index in [-0.39, 0.29) is 24.1 Å². The predicted molar refractivity (Wildman–Crippen MR) is 79.9 cm³/mol. The molecule has 0 bridgehead atoms. The third-order valence-corrected chi connectivity index (χ3v) is 6.11. The summed E-state index contributed by atoms with van der Waals surface area (Å²) in [5.41, 5.74) is 4.48. The van der Waals surface area contributed by atoms with E-state index >= 15 is 0 Å². The highest BCUT2D eigenvalue weighted by Gasteiger charge is 2.49. The molecule has 2 N–H and O–H groups in total. The lowest BCUT2D eigenvalue weighted by Crippen LogP contribution is -2.49. The Morgan fingerprint density at radius 1 is 1.50 bits per heavy atom. The van der Waals surface area contributed by atoms with Gasteiger partial charge in [-0.1, -0.05) is 12.1 Å². The van der Waals surface area contributed by atoms with Crippen LogP contribution >= 0.6 is 0 Å². The van der Waals surface area contributed by atoms with E-state index in [4.69, 9.17) is 10.5 Å². The molecule has 1 heterocycles. The second-order valence-electron chi connectivity index (χ2n) is 5.52. The molecular formula is C13H19N3O5S. The van der Waals surface area contributed by atoms with Crippen molar-refractivity contribution in [3.63, 3.8) is 0 Å². The molecule has 1 aromatic rings. The first-order valence-corrected chi connectivity index (χ1v) is 8.19. The molecule has 122 valence electrons. The average molecular weight is 329 g/mol. The van der Waals surface area contributed by atoms with Crippen LogP contribution in [0.25, 0.3) is 0 Å². The van der Waals surface area contributed by atoms with Gasteiger partial charge in [0.2, 0.25) is 0 Å². The standard InChI is InChI=1S/C13H19N3O5S/c1-13(9-14)7-10(21-2)8-15(13)22(19,20)12-6-4-3-5-11(12)16(17)18/h3-6,10H,7-9,14H2,1-2H3. The quantitative estimate of drug-likeness (QED) is 0.628. The number of nitro benzene ring substituents is 1. The number of sulfonamides is 1. The van der Waals surface area contributed by atoms with E-state index in [9.17, 15) is 18.5 Å². The van der Waals surface area contributed by atoms with Crippen molar-refractivity contribution in [1.29, 1.82) is 0 Å². The van der Waals surface area contributed by atoms with Gasteiger partial charge in [-0.3, -0.25) is 10.1 Å². The number of ether oxygens (including phenoxy) is 1. The van der Waals surface area contributed by atoms with Crippen molar-refractivity contribution in [3.05, 3.63) is 34.4 Å². The first-order chi connectivity index (χ1) is 10.3. The van der Waals surface area contributed by atoms with Crippen LogP contribution in [0.1, 0.15) is 13.3 Å². The maximum atomic E-state index is 12.9. The Labute approximate surface area is 129 Å². The molecule has 22 heavy (non-hydrogen) atoms. The molecule has 0 spiro atoms. The molecule has 0 aromatic heterocycles. The van der Waals surface area contributed by atoms with E-state index in [1.54, 1.807) is 6.92 Å². The minimum atomic E-state index is -4.05. The van der Waals surface area contributed by atoms with Gasteiger partial charge in [-0.2, -0.15) is 4.31 Å². The van der Waals surface area contributed by atoms with Crippen molar-refractivity contribution in [2.24, 2.45) is 5.73 Å². The summed E-state index contributed by atoms with van der Waals surface area (Å²) < 4.78 is 32.3. The number of nitrogens with zero attached hydrogens (tertiary/aromatic N) is 2. The summed E-state index contributed by atoms with van der Waals surface area (Å²) in [6, 6.07) is 5.31. The van der Waals surface area contributed by atoms with Gasteiger partial charge in [0.05, 0.1) is 11.0 Å². The van der Waals surface area contributed by atoms with Crippen LogP contribution in [0.4, 0.5) is 5.69 Å². The number of benzene rings is 1. The Balaban J connectivity index is 2.53. The minimum Gasteiger partial charge on any atom is -0.380 e. The third kappa shape index (κ3) is 2.72. The number of hydrogen-bond acceptors (Lipinski definition) is 6. The number of nitro groups is 1. The summed E-state index contributed by atoms with van der Waals surface area (Å²) in [7, 11) is -2.54. The first kappa shape index (κ1) is 16.8. The average Bonchev–Trinajstić information content (AvgIpc) is 2.86. The van der Waals surface area contributed by atoms with E-state index < -0.39 is 26.2 Å². The van der Waals surface area contributed by atoms with Crippen molar-refractivity contribution in [2.75, 3.05) is 20.2 Å². The molecule has 1 aliphatic heterocycles. The summed E-state index contributed by atoms with van der Waals surface area (Å²) in [6.45, 7) is 1.95. The lowest BCUT2D eigenvalue weighted by molar-refractivity contribution is -0.387. The molecule has 1 aliphatic rings. The SMILES string of the molecule is COC1CN(S(=O)(=O)c2ccccc2[N+](=O)[O-])C(C)(CN)C1. The molecule has 0 amide bonds. The highest BCUT2D eigenvalue weighted by atomic mass is 32.2. The summed E-state index contributed by atoms with van der Waals surface area (Å²) in [6.07, 6.45) is 0.158. The third-order valence-electron chi connectivity index (χ3n) is 4.04. The molecule has 1 saturated heterocycles. The van der Waals surface area contributed by atoms with E-state index in [0.29, 0.717) is 6.42 Å². The fraction of sp³-hybridized carbons (Fsp3) is 0.538. The molecule has 0 aliphatic carbocycles. The zero-order chi connectivity index (χ0) is 16.5. The van der Waals surface area contributed by atoms with Crippen molar-refractivity contribution in [1.82, 2.24) is 4.31 Å². The molecule has 9 heteroatoms. The molecule has 0 radical (unpaired) electrons. The fourth-order valence-corrected chi connectivity index (χ4v) is 4.73. The zero-order valence-corrected chi connectivity index (χ0v) is 13.2. The molecule has 2 rings (SSSR count). The Kier molecular flexibility index (Phi) is 4.52. The smallest absolute Gasteiger partial charge is 0.289 e. The molecule has 2 unspecified atom stereocenters. The summed E-state index contributed by atoms with van der Waals surface area (Å²) in [5.74, 6) is 0. The van der Waals surface area contributed by atoms with Gasteiger partial charge in [0.15, 0.2) is 4.90 Å². The molecule has 8 nitrogen and oxygen atoms in total. The number of hydrogen-bond donors (Lipinski definition) is 1. The van der Waals surface area contributed by atoms with Gasteiger partial charge in [-0.05, 0) is 19.4 Å². The van der Waals surface area contributed by atoms with Gasteiger partial charge in [-0.25, -0.2) is 8.42 Å². The lowest BCUT2D eigenvalue weighted by Gasteiger charge is -2.32. The van der Waals surface area contributed by atoms with E-state index in [1.807, 2.05) is 0 Å². The monoisotopic (exact) mass is 329 g/mol. The van der Waals surface area contributed by atoms with Gasteiger partial charge in [0.25, 0.3) is 15.7 Å². The highest BCUT2D eigenvalue weighted by molar-refractivity contribution is 7.89. The summed E-state index contributed by atoms with van der Waals surface area (Å²) in [5, 5.41) is 11.1. The van der Waals surface area contributed by atoms with Crippen LogP contribution in [0.15, 0.2) is 29.2 Å². The van der Waals surface area contributed by atoms with E-state index in [2.05, 4.69) is 0 Å². The van der Waals surface area contributed by atoms with Crippen molar-refractivity contribution in [2.45, 2.75) is 29.9 Å². The molecule has 2 atom stereocenters. The van der Waals surface area contributed by atoms with Crippen molar-refractivity contribution >= 4 is 15.7 Å². The van der Waals surface area contributed by atoms with Crippen LogP contribution in [0, 0.1) is 10.1 Å². The Bertz CT molecular complexity index is 678. The van der Waals surface area contributed by atoms with Crippen LogP contribution in [0.2, 0.25) is 0 Å². The lowest BCUT2D eigenvalue weighted by atomic mass is 10.00. The van der Waals surface area contributed by atoms with E-state index in [1.165, 1.54) is 35.7 Å². The van der Waals surface area contributed by atoms with E-state index in [0.717, 1.165) is 0 Å². The van der Waals surface area contributed by atoms with Crippen molar-refractivity contribution < 1.29 is 18.1 Å². The Morgan fingerprint density at radius 3 is 2.68 bits per heavy atom. The van der Waals surface area contributed by atoms with Crippen LogP contribution in [-0.4, -0.2) is 49.5 Å². The molecular weight excluding hydrogens is 310 g/mol. The maximum Gasteiger partial charge on any atom is 0.289 e. The Morgan fingerprint density at radius 2 is 2.14 bits per heavy atom. The maximum absolute atomic E-state index is 12.9. The number of rotatable bonds is 5. The van der Waals surface area contributed by atoms with Crippen LogP contribution in [0.3, 0.4) is 0 Å². The molecule has 1 fully saturated rings. The van der Waals surface area contributed by atoms with Crippen molar-refractivity contribution in [3.8, 4) is 0 Å². The van der Waals surface area contributed by atoms with Gasteiger partial charge < -0.3 is 10.5 Å². The zero-order valence-electron chi connectivity index (χ0n) is 12.4. The first-order valence-electron chi connectivity index (χ1n) is 6.75. The van der Waals surface area contributed by atoms with Crippen LogP contribution in [-0.2, 0) is 14.8 Å². The second-order valence-corrected chi connectivity index (χ2v) is 7.35. The second kappa shape index (κ2) is 5.92.